The number of rotatable bonds is 7. The number of pyridine rings is 1. The lowest BCUT2D eigenvalue weighted by Crippen LogP contribution is -2.51. The van der Waals surface area contributed by atoms with Crippen molar-refractivity contribution in [1.82, 2.24) is 15.1 Å². The molecule has 2 atom stereocenters. The van der Waals surface area contributed by atoms with Gasteiger partial charge in [0.2, 0.25) is 11.8 Å². The van der Waals surface area contributed by atoms with Crippen LogP contribution in [-0.4, -0.2) is 33.6 Å². The molecule has 4 rings (SSSR count). The second-order valence-corrected chi connectivity index (χ2v) is 9.55. The summed E-state index contributed by atoms with van der Waals surface area (Å²) in [5, 5.41) is 21.6. The molecular formula is C27H31F2N5O3. The second-order valence-electron chi connectivity index (χ2n) is 9.55. The fourth-order valence-corrected chi connectivity index (χ4v) is 5.03. The molecule has 1 unspecified atom stereocenters. The number of nitrogens with one attached hydrogen (secondary N) is 2. The Kier molecular flexibility index (Phi) is 7.56. The molecule has 1 fully saturated rings. The molecule has 2 N–H and O–H groups in total. The first-order chi connectivity index (χ1) is 17.6. The molecule has 1 saturated carbocycles. The predicted molar refractivity (Wildman–Crippen MR) is 135 cm³/mol. The molecule has 1 aliphatic rings. The van der Waals surface area contributed by atoms with Gasteiger partial charge in [-0.3, -0.25) is 14.3 Å². The van der Waals surface area contributed by atoms with Gasteiger partial charge in [-0.1, -0.05) is 12.1 Å². The molecule has 2 aromatic heterocycles. The molecule has 0 spiro atoms. The van der Waals surface area contributed by atoms with Gasteiger partial charge in [-0.05, 0) is 61.9 Å². The summed E-state index contributed by atoms with van der Waals surface area (Å²) in [4.78, 5) is 26.3. The van der Waals surface area contributed by atoms with Crippen molar-refractivity contribution in [3.05, 3.63) is 71.0 Å². The van der Waals surface area contributed by atoms with Gasteiger partial charge < -0.3 is 15.8 Å². The van der Waals surface area contributed by atoms with Crippen molar-refractivity contribution in [2.75, 3.05) is 5.32 Å². The second kappa shape index (κ2) is 10.7. The molecule has 2 heterocycles. The minimum absolute atomic E-state index is 0.225. The first kappa shape index (κ1) is 26.2. The van der Waals surface area contributed by atoms with Crippen LogP contribution in [0.1, 0.15) is 54.4 Å². The van der Waals surface area contributed by atoms with Crippen LogP contribution in [0, 0.1) is 25.0 Å². The van der Waals surface area contributed by atoms with Crippen LogP contribution in [0.4, 0.5) is 14.5 Å². The molecule has 8 nitrogen and oxygen atoms in total. The third-order valence-corrected chi connectivity index (χ3v) is 6.96. The van der Waals surface area contributed by atoms with E-state index in [-0.39, 0.29) is 18.5 Å². The molecule has 2 amide bonds. The number of carbonyl (C=O) groups excluding carboxylic acids is 2. The van der Waals surface area contributed by atoms with E-state index in [4.69, 9.17) is 0 Å². The van der Waals surface area contributed by atoms with Crippen LogP contribution in [0.5, 0.6) is 0 Å². The highest BCUT2D eigenvalue weighted by molar-refractivity contribution is 6.00. The van der Waals surface area contributed by atoms with E-state index in [1.165, 1.54) is 23.1 Å². The fourth-order valence-electron chi connectivity index (χ4n) is 5.03. The lowest BCUT2D eigenvalue weighted by Gasteiger charge is -2.34. The number of halogens is 2. The van der Waals surface area contributed by atoms with E-state index in [1.807, 2.05) is 13.8 Å². The number of hydrogen-bond donors (Lipinski definition) is 2. The highest BCUT2D eigenvalue weighted by atomic mass is 19.3. The van der Waals surface area contributed by atoms with Crippen molar-refractivity contribution >= 4 is 17.5 Å². The lowest BCUT2D eigenvalue weighted by atomic mass is 9.81. The van der Waals surface area contributed by atoms with E-state index in [2.05, 4.69) is 15.7 Å². The minimum atomic E-state index is -2.89. The van der Waals surface area contributed by atoms with Crippen LogP contribution < -0.4 is 15.4 Å². The Morgan fingerprint density at radius 1 is 1.22 bits per heavy atom. The minimum Gasteiger partial charge on any atom is -0.618 e. The van der Waals surface area contributed by atoms with Crippen molar-refractivity contribution in [2.24, 2.45) is 5.92 Å². The molecular weight excluding hydrogens is 480 g/mol. The molecule has 0 radical (unpaired) electrons. The van der Waals surface area contributed by atoms with Gasteiger partial charge >= 0.3 is 0 Å². The maximum Gasteiger partial charge on any atom is 0.270 e. The van der Waals surface area contributed by atoms with Crippen molar-refractivity contribution < 1.29 is 23.1 Å². The monoisotopic (exact) mass is 511 g/mol. The smallest absolute Gasteiger partial charge is 0.270 e. The third kappa shape index (κ3) is 5.79. The van der Waals surface area contributed by atoms with Gasteiger partial charge in [-0.15, -0.1) is 0 Å². The zero-order valence-corrected chi connectivity index (χ0v) is 21.1. The van der Waals surface area contributed by atoms with Gasteiger partial charge in [0.15, 0.2) is 11.9 Å². The van der Waals surface area contributed by atoms with Crippen molar-refractivity contribution in [1.29, 1.82) is 0 Å². The number of anilines is 1. The van der Waals surface area contributed by atoms with Gasteiger partial charge in [-0.25, -0.2) is 8.78 Å². The zero-order valence-electron chi connectivity index (χ0n) is 21.1. The molecule has 1 aromatic carbocycles. The van der Waals surface area contributed by atoms with Gasteiger partial charge in [0.25, 0.3) is 5.91 Å². The van der Waals surface area contributed by atoms with E-state index in [1.54, 1.807) is 37.3 Å². The average Bonchev–Trinajstić information content (AvgIpc) is 3.34. The largest absolute Gasteiger partial charge is 0.618 e. The van der Waals surface area contributed by atoms with Gasteiger partial charge in [-0.2, -0.15) is 9.83 Å². The number of hydrogen-bond acceptors (Lipinski definition) is 4. The van der Waals surface area contributed by atoms with Crippen LogP contribution in [0.2, 0.25) is 0 Å². The normalized spacial score (nSPS) is 17.7. The van der Waals surface area contributed by atoms with Crippen LogP contribution in [0.15, 0.2) is 48.8 Å². The number of amides is 2. The molecule has 10 heteroatoms. The summed E-state index contributed by atoms with van der Waals surface area (Å²) in [6.45, 7) is 5.93. The summed E-state index contributed by atoms with van der Waals surface area (Å²) in [6, 6.07) is 9.07. The summed E-state index contributed by atoms with van der Waals surface area (Å²) in [7, 11) is 0. The van der Waals surface area contributed by atoms with E-state index < -0.39 is 36.1 Å². The van der Waals surface area contributed by atoms with Crippen LogP contribution >= 0.6 is 0 Å². The topological polar surface area (TPSA) is 103 Å². The SMILES string of the molecule is CCn1nccc1C(=O)N[C@H](C(=O)Nc1ccc(-c2c(C)cc[n+]([O-])c2C)cc1)C1CCCC(F)(F)C1. The number of aromatic nitrogens is 3. The van der Waals surface area contributed by atoms with Crippen LogP contribution in [0.25, 0.3) is 11.1 Å². The lowest BCUT2D eigenvalue weighted by molar-refractivity contribution is -0.611. The Morgan fingerprint density at radius 3 is 2.62 bits per heavy atom. The van der Waals surface area contributed by atoms with Gasteiger partial charge in [0.05, 0.1) is 5.56 Å². The number of nitrogens with zero attached hydrogens (tertiary/aromatic N) is 3. The van der Waals surface area contributed by atoms with E-state index in [0.717, 1.165) is 21.4 Å². The maximum atomic E-state index is 14.3. The Bertz CT molecular complexity index is 1290. The maximum absolute atomic E-state index is 14.3. The predicted octanol–water partition coefficient (Wildman–Crippen LogP) is 4.38. The summed E-state index contributed by atoms with van der Waals surface area (Å²) in [6.07, 6.45) is 2.92. The third-order valence-electron chi connectivity index (χ3n) is 6.96. The molecule has 37 heavy (non-hydrogen) atoms. The Labute approximate surface area is 214 Å². The molecule has 196 valence electrons. The standard InChI is InChI=1S/C27H31F2N5O3/c1-4-33-22(11-14-30-33)25(35)32-24(20-6-5-13-27(28,29)16-20)26(36)31-21-9-7-19(8-10-21)23-17(2)12-15-34(37)18(23)3/h7-12,14-15,20,24H,4-6,13,16H2,1-3H3,(H,31,36)(H,32,35)/t20?,24-/m0/s1. The molecule has 0 bridgehead atoms. The van der Waals surface area contributed by atoms with Crippen molar-refractivity contribution in [3.8, 4) is 11.1 Å². The van der Waals surface area contributed by atoms with Gasteiger partial charge in [0.1, 0.15) is 11.7 Å². The number of alkyl halides is 2. The first-order valence-electron chi connectivity index (χ1n) is 12.4. The van der Waals surface area contributed by atoms with E-state index in [0.29, 0.717) is 24.3 Å². The van der Waals surface area contributed by atoms with Crippen LogP contribution in [-0.2, 0) is 11.3 Å². The van der Waals surface area contributed by atoms with Crippen molar-refractivity contribution in [3.63, 3.8) is 0 Å². The average molecular weight is 512 g/mol. The highest BCUT2D eigenvalue weighted by Gasteiger charge is 2.42. The molecule has 1 aliphatic carbocycles. The summed E-state index contributed by atoms with van der Waals surface area (Å²) >= 11 is 0. The molecule has 3 aromatic rings. The quantitative estimate of drug-likeness (QED) is 0.363. The fraction of sp³-hybridized carbons (Fsp3) is 0.407. The Balaban J connectivity index is 1.56. The van der Waals surface area contributed by atoms with E-state index >= 15 is 0 Å². The van der Waals surface area contributed by atoms with E-state index in [9.17, 15) is 23.6 Å². The summed E-state index contributed by atoms with van der Waals surface area (Å²) in [5.41, 5.74) is 3.82. The number of aryl methyl sites for hydroxylation is 2. The van der Waals surface area contributed by atoms with Gasteiger partial charge in [0, 0.05) is 44.3 Å². The molecule has 0 aliphatic heterocycles. The first-order valence-corrected chi connectivity index (χ1v) is 12.4. The zero-order chi connectivity index (χ0) is 26.7. The summed E-state index contributed by atoms with van der Waals surface area (Å²) < 4.78 is 30.8. The summed E-state index contributed by atoms with van der Waals surface area (Å²) in [5.74, 6) is -4.70. The van der Waals surface area contributed by atoms with Crippen molar-refractivity contribution in [2.45, 2.75) is 65.0 Å². The molecule has 0 saturated heterocycles. The Hall–Kier alpha value is -3.82. The highest BCUT2D eigenvalue weighted by Crippen LogP contribution is 2.38. The Morgan fingerprint density at radius 2 is 1.95 bits per heavy atom. The van der Waals surface area contributed by atoms with Crippen LogP contribution in [0.3, 0.4) is 0 Å². The number of benzene rings is 1. The number of carbonyl (C=O) groups is 2.